The molecule has 130 valence electrons. The Hall–Kier alpha value is -1.51. The number of nitrogens with zero attached hydrogens (tertiary/aromatic N) is 3. The molecule has 3 rings (SSSR count). The van der Waals surface area contributed by atoms with Crippen molar-refractivity contribution in [3.05, 3.63) is 29.1 Å². The lowest BCUT2D eigenvalue weighted by Crippen LogP contribution is -2.25. The molecule has 1 N–H and O–H groups in total. The first-order valence-electron chi connectivity index (χ1n) is 7.89. The number of benzene rings is 1. The highest BCUT2D eigenvalue weighted by molar-refractivity contribution is 7.90. The van der Waals surface area contributed by atoms with E-state index in [1.54, 1.807) is 28.9 Å². The highest BCUT2D eigenvalue weighted by atomic mass is 32.2. The van der Waals surface area contributed by atoms with E-state index in [9.17, 15) is 13.5 Å². The molecule has 2 unspecified atom stereocenters. The van der Waals surface area contributed by atoms with Gasteiger partial charge in [-0.2, -0.15) is 5.10 Å². The first kappa shape index (κ1) is 17.3. The van der Waals surface area contributed by atoms with Crippen LogP contribution in [0.25, 0.3) is 10.6 Å². The molecule has 1 aliphatic carbocycles. The normalized spacial score (nSPS) is 22.7. The van der Waals surface area contributed by atoms with Crippen LogP contribution >= 0.6 is 11.3 Å². The molecular formula is C16H21N3O3S2. The average Bonchev–Trinajstić information content (AvgIpc) is 2.88. The zero-order valence-corrected chi connectivity index (χ0v) is 15.3. The summed E-state index contributed by atoms with van der Waals surface area (Å²) < 4.78 is 24.8. The van der Waals surface area contributed by atoms with Gasteiger partial charge in [0.1, 0.15) is 5.01 Å². The molecule has 1 saturated carbocycles. The van der Waals surface area contributed by atoms with Crippen LogP contribution < -0.4 is 4.80 Å². The molecule has 1 aliphatic rings. The van der Waals surface area contributed by atoms with E-state index in [0.717, 1.165) is 34.6 Å². The van der Waals surface area contributed by atoms with Crippen molar-refractivity contribution in [1.82, 2.24) is 9.78 Å². The van der Waals surface area contributed by atoms with Crippen LogP contribution in [0.3, 0.4) is 0 Å². The Balaban J connectivity index is 1.88. The molecule has 1 heterocycles. The summed E-state index contributed by atoms with van der Waals surface area (Å²) in [5.74, 6) is 0. The monoisotopic (exact) mass is 367 g/mol. The number of aryl methyl sites for hydroxylation is 1. The number of sulfone groups is 1. The summed E-state index contributed by atoms with van der Waals surface area (Å²) in [5.41, 5.74) is 0.869. The fourth-order valence-corrected chi connectivity index (χ4v) is 4.43. The number of hydrogen-bond donors (Lipinski definition) is 1. The van der Waals surface area contributed by atoms with E-state index >= 15 is 0 Å². The zero-order chi connectivity index (χ0) is 17.3. The van der Waals surface area contributed by atoms with Crippen LogP contribution in [0.2, 0.25) is 0 Å². The van der Waals surface area contributed by atoms with Crippen LogP contribution in [-0.2, 0) is 16.9 Å². The SMILES string of the molecule is Cn1nc(-c2ccc(S(C)(=O)=O)cc2)sc1=NC1CCCC(O)C1. The molecule has 6 nitrogen and oxygen atoms in total. The van der Waals surface area contributed by atoms with E-state index in [2.05, 4.69) is 5.10 Å². The van der Waals surface area contributed by atoms with Gasteiger partial charge in [-0.25, -0.2) is 13.1 Å². The van der Waals surface area contributed by atoms with Gasteiger partial charge in [0.25, 0.3) is 0 Å². The third kappa shape index (κ3) is 3.93. The predicted molar refractivity (Wildman–Crippen MR) is 93.5 cm³/mol. The molecule has 2 aromatic rings. The molecule has 0 radical (unpaired) electrons. The van der Waals surface area contributed by atoms with Gasteiger partial charge in [-0.1, -0.05) is 23.5 Å². The molecule has 0 aliphatic heterocycles. The van der Waals surface area contributed by atoms with E-state index in [4.69, 9.17) is 4.99 Å². The first-order chi connectivity index (χ1) is 11.3. The van der Waals surface area contributed by atoms with E-state index in [1.807, 2.05) is 7.05 Å². The molecule has 0 bridgehead atoms. The summed E-state index contributed by atoms with van der Waals surface area (Å²) in [6.45, 7) is 0. The molecule has 24 heavy (non-hydrogen) atoms. The van der Waals surface area contributed by atoms with E-state index in [-0.39, 0.29) is 12.1 Å². The largest absolute Gasteiger partial charge is 0.393 e. The van der Waals surface area contributed by atoms with Gasteiger partial charge >= 0.3 is 0 Å². The molecule has 1 fully saturated rings. The third-order valence-corrected chi connectivity index (χ3v) is 6.34. The molecule has 0 saturated heterocycles. The maximum atomic E-state index is 11.5. The fraction of sp³-hybridized carbons (Fsp3) is 0.500. The summed E-state index contributed by atoms with van der Waals surface area (Å²) in [4.78, 5) is 5.85. The van der Waals surface area contributed by atoms with E-state index in [1.165, 1.54) is 17.6 Å². The van der Waals surface area contributed by atoms with E-state index in [0.29, 0.717) is 11.3 Å². The van der Waals surface area contributed by atoms with Gasteiger partial charge in [-0.05, 0) is 37.8 Å². The number of aromatic nitrogens is 2. The summed E-state index contributed by atoms with van der Waals surface area (Å²) >= 11 is 1.47. The van der Waals surface area contributed by atoms with Crippen molar-refractivity contribution in [2.45, 2.75) is 42.7 Å². The number of aliphatic hydroxyl groups excluding tert-OH is 1. The minimum atomic E-state index is -3.19. The van der Waals surface area contributed by atoms with Crippen LogP contribution in [0.4, 0.5) is 0 Å². The molecule has 1 aromatic heterocycles. The Bertz CT molecular complexity index is 882. The molecule has 2 atom stereocenters. The molecular weight excluding hydrogens is 346 g/mol. The molecule has 1 aromatic carbocycles. The second kappa shape index (κ2) is 6.78. The number of aliphatic hydroxyl groups is 1. The Labute approximate surface area is 145 Å². The van der Waals surface area contributed by atoms with Crippen molar-refractivity contribution in [3.8, 4) is 10.6 Å². The van der Waals surface area contributed by atoms with Crippen molar-refractivity contribution in [2.75, 3.05) is 6.26 Å². The molecule has 0 amide bonds. The lowest BCUT2D eigenvalue weighted by Gasteiger charge is -2.22. The number of rotatable bonds is 3. The number of hydrogen-bond acceptors (Lipinski definition) is 6. The Morgan fingerprint density at radius 2 is 2.00 bits per heavy atom. The maximum Gasteiger partial charge on any atom is 0.203 e. The molecule has 0 spiro atoms. The topological polar surface area (TPSA) is 84.5 Å². The van der Waals surface area contributed by atoms with Crippen LogP contribution in [0.1, 0.15) is 25.7 Å². The third-order valence-electron chi connectivity index (χ3n) is 4.15. The van der Waals surface area contributed by atoms with Gasteiger partial charge in [0.15, 0.2) is 9.84 Å². The minimum absolute atomic E-state index is 0.140. The summed E-state index contributed by atoms with van der Waals surface area (Å²) in [6.07, 6.45) is 4.50. The van der Waals surface area contributed by atoms with Crippen LogP contribution in [0.5, 0.6) is 0 Å². The van der Waals surface area contributed by atoms with Crippen molar-refractivity contribution >= 4 is 21.2 Å². The van der Waals surface area contributed by atoms with Gasteiger partial charge in [-0.3, -0.25) is 4.99 Å². The van der Waals surface area contributed by atoms with Gasteiger partial charge < -0.3 is 5.11 Å². The van der Waals surface area contributed by atoms with Gasteiger partial charge in [-0.15, -0.1) is 0 Å². The highest BCUT2D eigenvalue weighted by Crippen LogP contribution is 2.23. The van der Waals surface area contributed by atoms with Gasteiger partial charge in [0.2, 0.25) is 4.80 Å². The Kier molecular flexibility index (Phi) is 4.89. The fourth-order valence-electron chi connectivity index (χ4n) is 2.84. The average molecular weight is 367 g/mol. The quantitative estimate of drug-likeness (QED) is 0.896. The Morgan fingerprint density at radius 3 is 2.62 bits per heavy atom. The van der Waals surface area contributed by atoms with Crippen LogP contribution in [0, 0.1) is 0 Å². The van der Waals surface area contributed by atoms with Gasteiger partial charge in [0, 0.05) is 18.9 Å². The van der Waals surface area contributed by atoms with Crippen LogP contribution in [0.15, 0.2) is 34.2 Å². The minimum Gasteiger partial charge on any atom is -0.393 e. The lowest BCUT2D eigenvalue weighted by atomic mass is 9.94. The van der Waals surface area contributed by atoms with Crippen molar-refractivity contribution in [2.24, 2.45) is 12.0 Å². The second-order valence-corrected chi connectivity index (χ2v) is 9.18. The van der Waals surface area contributed by atoms with Crippen molar-refractivity contribution < 1.29 is 13.5 Å². The van der Waals surface area contributed by atoms with E-state index < -0.39 is 9.84 Å². The summed E-state index contributed by atoms with van der Waals surface area (Å²) in [6, 6.07) is 6.87. The molecule has 8 heteroatoms. The van der Waals surface area contributed by atoms with Crippen molar-refractivity contribution in [3.63, 3.8) is 0 Å². The van der Waals surface area contributed by atoms with Gasteiger partial charge in [0.05, 0.1) is 17.0 Å². The van der Waals surface area contributed by atoms with Crippen molar-refractivity contribution in [1.29, 1.82) is 0 Å². The smallest absolute Gasteiger partial charge is 0.203 e. The second-order valence-electron chi connectivity index (χ2n) is 6.21. The Morgan fingerprint density at radius 1 is 1.29 bits per heavy atom. The predicted octanol–water partition coefficient (Wildman–Crippen LogP) is 1.76. The first-order valence-corrected chi connectivity index (χ1v) is 10.6. The summed E-state index contributed by atoms with van der Waals surface area (Å²) in [7, 11) is -1.34. The van der Waals surface area contributed by atoms with Crippen LogP contribution in [-0.4, -0.2) is 41.7 Å². The maximum absolute atomic E-state index is 11.5. The zero-order valence-electron chi connectivity index (χ0n) is 13.7. The standard InChI is InChI=1S/C16H21N3O3S2/c1-19-16(17-12-4-3-5-13(20)10-12)23-15(18-19)11-6-8-14(9-7-11)24(2,21)22/h6-9,12-13,20H,3-5,10H2,1-2H3. The highest BCUT2D eigenvalue weighted by Gasteiger charge is 2.19. The lowest BCUT2D eigenvalue weighted by molar-refractivity contribution is 0.120. The summed E-state index contributed by atoms with van der Waals surface area (Å²) in [5, 5.41) is 15.1.